The number of amides is 1. The van der Waals surface area contributed by atoms with Gasteiger partial charge in [0, 0.05) is 19.3 Å². The number of hydrogen-bond acceptors (Lipinski definition) is 4. The van der Waals surface area contributed by atoms with Crippen LogP contribution in [0.3, 0.4) is 0 Å². The van der Waals surface area contributed by atoms with Crippen LogP contribution in [0, 0.1) is 0 Å². The summed E-state index contributed by atoms with van der Waals surface area (Å²) in [5.74, 6) is 0.429. The molecular weight excluding hydrogens is 306 g/mol. The predicted molar refractivity (Wildman–Crippen MR) is 84.7 cm³/mol. The molecule has 1 aliphatic heterocycles. The van der Waals surface area contributed by atoms with E-state index in [1.165, 1.54) is 0 Å². The van der Waals surface area contributed by atoms with E-state index in [4.69, 9.17) is 25.8 Å². The zero-order valence-corrected chi connectivity index (χ0v) is 13.7. The molecule has 1 heterocycles. The van der Waals surface area contributed by atoms with Crippen LogP contribution in [0.1, 0.15) is 30.1 Å². The second-order valence-electron chi connectivity index (χ2n) is 5.21. The van der Waals surface area contributed by atoms with Crippen molar-refractivity contribution in [2.24, 2.45) is 0 Å². The maximum Gasteiger partial charge on any atom is 0.251 e. The number of rotatable bonds is 6. The topological polar surface area (TPSA) is 56.8 Å². The van der Waals surface area contributed by atoms with Crippen LogP contribution >= 0.6 is 11.6 Å². The average Bonchev–Trinajstić information content (AvgIpc) is 2.54. The van der Waals surface area contributed by atoms with E-state index in [-0.39, 0.29) is 18.1 Å². The molecule has 1 amide bonds. The number of carbonyl (C=O) groups is 1. The number of carbonyl (C=O) groups excluding carboxylic acids is 1. The van der Waals surface area contributed by atoms with Crippen LogP contribution in [0.5, 0.6) is 5.75 Å². The molecule has 22 heavy (non-hydrogen) atoms. The summed E-state index contributed by atoms with van der Waals surface area (Å²) in [7, 11) is 1.62. The molecule has 0 aromatic heterocycles. The summed E-state index contributed by atoms with van der Waals surface area (Å²) in [5, 5.41) is 3.42. The third kappa shape index (κ3) is 4.35. The molecule has 1 aromatic carbocycles. The first-order valence-electron chi connectivity index (χ1n) is 7.49. The normalized spacial score (nSPS) is 21.4. The lowest BCUT2D eigenvalue weighted by Crippen LogP contribution is -2.49. The summed E-state index contributed by atoms with van der Waals surface area (Å²) in [6.07, 6.45) is 1.51. The molecule has 2 rings (SSSR count). The average molecular weight is 328 g/mol. The largest absolute Gasteiger partial charge is 0.492 e. The summed E-state index contributed by atoms with van der Waals surface area (Å²) in [6, 6.07) is 5.02. The van der Waals surface area contributed by atoms with Gasteiger partial charge in [0.25, 0.3) is 5.91 Å². The van der Waals surface area contributed by atoms with Crippen molar-refractivity contribution in [3.8, 4) is 5.75 Å². The Bertz CT molecular complexity index is 509. The number of hydrogen-bond donors (Lipinski definition) is 1. The smallest absolute Gasteiger partial charge is 0.251 e. The number of ether oxygens (including phenoxy) is 3. The molecule has 0 saturated carbocycles. The molecule has 0 aliphatic carbocycles. The van der Waals surface area contributed by atoms with Crippen LogP contribution in [0.2, 0.25) is 5.02 Å². The highest BCUT2D eigenvalue weighted by atomic mass is 35.5. The Morgan fingerprint density at radius 2 is 2.32 bits per heavy atom. The van der Waals surface area contributed by atoms with E-state index in [0.29, 0.717) is 36.2 Å². The van der Waals surface area contributed by atoms with Crippen molar-refractivity contribution >= 4 is 17.5 Å². The molecule has 0 spiro atoms. The molecule has 6 heteroatoms. The quantitative estimate of drug-likeness (QED) is 0.872. The Morgan fingerprint density at radius 1 is 1.50 bits per heavy atom. The van der Waals surface area contributed by atoms with Crippen molar-refractivity contribution in [2.45, 2.75) is 31.9 Å². The fourth-order valence-corrected chi connectivity index (χ4v) is 2.57. The second kappa shape index (κ2) is 8.36. The van der Waals surface area contributed by atoms with Gasteiger partial charge in [-0.1, -0.05) is 18.5 Å². The van der Waals surface area contributed by atoms with Crippen molar-refractivity contribution in [1.82, 2.24) is 5.32 Å². The van der Waals surface area contributed by atoms with E-state index in [0.717, 1.165) is 12.8 Å². The monoisotopic (exact) mass is 327 g/mol. The highest BCUT2D eigenvalue weighted by Crippen LogP contribution is 2.25. The van der Waals surface area contributed by atoms with Gasteiger partial charge in [-0.3, -0.25) is 4.79 Å². The molecule has 0 radical (unpaired) electrons. The van der Waals surface area contributed by atoms with Gasteiger partial charge in [-0.2, -0.15) is 0 Å². The van der Waals surface area contributed by atoms with Crippen LogP contribution in [0.25, 0.3) is 0 Å². The van der Waals surface area contributed by atoms with Crippen LogP contribution < -0.4 is 10.1 Å². The van der Waals surface area contributed by atoms with Gasteiger partial charge < -0.3 is 19.5 Å². The third-order valence-corrected chi connectivity index (χ3v) is 3.87. The zero-order valence-electron chi connectivity index (χ0n) is 12.9. The van der Waals surface area contributed by atoms with Crippen molar-refractivity contribution in [2.75, 3.05) is 26.9 Å². The fourth-order valence-electron chi connectivity index (χ4n) is 2.33. The molecule has 1 aromatic rings. The minimum Gasteiger partial charge on any atom is -0.492 e. The van der Waals surface area contributed by atoms with E-state index in [1.54, 1.807) is 25.3 Å². The van der Waals surface area contributed by atoms with Crippen LogP contribution in [-0.4, -0.2) is 45.0 Å². The number of benzene rings is 1. The zero-order chi connectivity index (χ0) is 15.9. The molecule has 1 fully saturated rings. The number of methoxy groups -OCH3 is 1. The lowest BCUT2D eigenvalue weighted by molar-refractivity contribution is -0.0479. The van der Waals surface area contributed by atoms with E-state index in [9.17, 15) is 4.79 Å². The van der Waals surface area contributed by atoms with Crippen LogP contribution in [-0.2, 0) is 9.47 Å². The summed E-state index contributed by atoms with van der Waals surface area (Å²) < 4.78 is 16.2. The van der Waals surface area contributed by atoms with Crippen molar-refractivity contribution in [3.05, 3.63) is 28.8 Å². The maximum absolute atomic E-state index is 12.3. The first kappa shape index (κ1) is 17.1. The molecule has 5 nitrogen and oxygen atoms in total. The number of halogens is 1. The van der Waals surface area contributed by atoms with Gasteiger partial charge >= 0.3 is 0 Å². The first-order chi connectivity index (χ1) is 10.7. The minimum atomic E-state index is -0.169. The van der Waals surface area contributed by atoms with Crippen molar-refractivity contribution in [1.29, 1.82) is 0 Å². The lowest BCUT2D eigenvalue weighted by atomic mass is 10.1. The first-order valence-corrected chi connectivity index (χ1v) is 7.87. The number of nitrogens with one attached hydrogen (secondary N) is 1. The van der Waals surface area contributed by atoms with E-state index < -0.39 is 0 Å². The standard InChI is InChI=1S/C16H22ClNO4/c1-3-7-22-14-5-4-11(9-12(14)17)16(19)18-13-6-8-21-10-15(13)20-2/h4-5,9,13,15H,3,6-8,10H2,1-2H3,(H,18,19)/t13-,15-/m1/s1. The van der Waals surface area contributed by atoms with Gasteiger partial charge in [-0.15, -0.1) is 0 Å². The van der Waals surface area contributed by atoms with Gasteiger partial charge in [0.1, 0.15) is 11.9 Å². The highest BCUT2D eigenvalue weighted by molar-refractivity contribution is 6.32. The SMILES string of the molecule is CCCOc1ccc(C(=O)N[C@@H]2CCOC[C@H]2OC)cc1Cl. The summed E-state index contributed by atoms with van der Waals surface area (Å²) in [6.45, 7) is 3.74. The molecule has 1 N–H and O–H groups in total. The summed E-state index contributed by atoms with van der Waals surface area (Å²) >= 11 is 6.16. The molecule has 1 saturated heterocycles. The van der Waals surface area contributed by atoms with Crippen LogP contribution in [0.15, 0.2) is 18.2 Å². The molecule has 122 valence electrons. The van der Waals surface area contributed by atoms with E-state index in [2.05, 4.69) is 5.32 Å². The summed E-state index contributed by atoms with van der Waals surface area (Å²) in [4.78, 5) is 12.3. The Labute approximate surface area is 135 Å². The molecule has 2 atom stereocenters. The Kier molecular flexibility index (Phi) is 6.49. The van der Waals surface area contributed by atoms with Gasteiger partial charge in [-0.05, 0) is 31.0 Å². The Hall–Kier alpha value is -1.30. The lowest BCUT2D eigenvalue weighted by Gasteiger charge is -2.31. The molecule has 0 bridgehead atoms. The maximum atomic E-state index is 12.3. The predicted octanol–water partition coefficient (Wildman–Crippen LogP) is 2.66. The Morgan fingerprint density at radius 3 is 3.00 bits per heavy atom. The molecule has 0 unspecified atom stereocenters. The molecule has 1 aliphatic rings. The van der Waals surface area contributed by atoms with Gasteiger partial charge in [-0.25, -0.2) is 0 Å². The van der Waals surface area contributed by atoms with E-state index >= 15 is 0 Å². The van der Waals surface area contributed by atoms with E-state index in [1.807, 2.05) is 6.92 Å². The third-order valence-electron chi connectivity index (χ3n) is 3.58. The van der Waals surface area contributed by atoms with Crippen molar-refractivity contribution < 1.29 is 19.0 Å². The second-order valence-corrected chi connectivity index (χ2v) is 5.62. The van der Waals surface area contributed by atoms with Crippen LogP contribution in [0.4, 0.5) is 0 Å². The van der Waals surface area contributed by atoms with Crippen molar-refractivity contribution in [3.63, 3.8) is 0 Å². The summed E-state index contributed by atoms with van der Waals surface area (Å²) in [5.41, 5.74) is 0.509. The Balaban J connectivity index is 2.01. The van der Waals surface area contributed by atoms with Gasteiger partial charge in [0.05, 0.1) is 24.3 Å². The van der Waals surface area contributed by atoms with Gasteiger partial charge in [0.2, 0.25) is 0 Å². The minimum absolute atomic E-state index is 0.0546. The highest BCUT2D eigenvalue weighted by Gasteiger charge is 2.27. The fraction of sp³-hybridized carbons (Fsp3) is 0.562. The molecular formula is C16H22ClNO4. The van der Waals surface area contributed by atoms with Gasteiger partial charge in [0.15, 0.2) is 0 Å².